The van der Waals surface area contributed by atoms with E-state index in [2.05, 4.69) is 20.9 Å². The minimum atomic E-state index is -0.922. The summed E-state index contributed by atoms with van der Waals surface area (Å²) in [6, 6.07) is 9.36. The van der Waals surface area contributed by atoms with Gasteiger partial charge in [0.15, 0.2) is 11.5 Å². The molecular formula is C19H21N3O4. The van der Waals surface area contributed by atoms with Crippen LogP contribution in [0.25, 0.3) is 0 Å². The molecule has 2 aliphatic heterocycles. The number of carboxylic acid groups (broad SMARTS) is 1. The summed E-state index contributed by atoms with van der Waals surface area (Å²) in [5.74, 6) is 0.704. The maximum atomic E-state index is 11.3. The van der Waals surface area contributed by atoms with Crippen molar-refractivity contribution in [2.45, 2.75) is 13.1 Å². The van der Waals surface area contributed by atoms with Gasteiger partial charge in [0.1, 0.15) is 0 Å². The van der Waals surface area contributed by atoms with Gasteiger partial charge in [-0.05, 0) is 29.8 Å². The summed E-state index contributed by atoms with van der Waals surface area (Å²) in [6.07, 6.45) is 1.65. The monoisotopic (exact) mass is 355 g/mol. The molecule has 3 heterocycles. The van der Waals surface area contributed by atoms with Crippen molar-refractivity contribution in [3.63, 3.8) is 0 Å². The molecule has 7 heteroatoms. The molecule has 1 fully saturated rings. The first-order valence-electron chi connectivity index (χ1n) is 8.69. The summed E-state index contributed by atoms with van der Waals surface area (Å²) in [6.45, 7) is 5.38. The van der Waals surface area contributed by atoms with Crippen molar-refractivity contribution in [2.24, 2.45) is 0 Å². The Morgan fingerprint density at radius 2 is 1.77 bits per heavy atom. The van der Waals surface area contributed by atoms with E-state index in [1.807, 2.05) is 12.1 Å². The Labute approximate surface area is 151 Å². The maximum Gasteiger partial charge on any atom is 0.337 e. The zero-order valence-electron chi connectivity index (χ0n) is 14.4. The number of carbonyl (C=O) groups is 1. The third-order valence-electron chi connectivity index (χ3n) is 4.80. The van der Waals surface area contributed by atoms with Crippen LogP contribution in [-0.2, 0) is 13.1 Å². The number of hydrogen-bond acceptors (Lipinski definition) is 6. The molecule has 0 radical (unpaired) electrons. The standard InChI is InChI=1S/C19H21N3O4/c23-19(24)15-2-1-5-20-16(15)12-22-8-6-21(7-9-22)11-14-3-4-17-18(10-14)26-13-25-17/h1-5,10H,6-9,11-13H2,(H,23,24). The highest BCUT2D eigenvalue weighted by Gasteiger charge is 2.21. The van der Waals surface area contributed by atoms with E-state index in [4.69, 9.17) is 9.47 Å². The quantitative estimate of drug-likeness (QED) is 0.877. The van der Waals surface area contributed by atoms with Gasteiger partial charge >= 0.3 is 5.97 Å². The van der Waals surface area contributed by atoms with E-state index in [0.29, 0.717) is 19.0 Å². The second-order valence-corrected chi connectivity index (χ2v) is 6.54. The number of rotatable bonds is 5. The van der Waals surface area contributed by atoms with Gasteiger partial charge in [0.25, 0.3) is 0 Å². The molecule has 2 aromatic rings. The van der Waals surface area contributed by atoms with E-state index < -0.39 is 5.97 Å². The van der Waals surface area contributed by atoms with Crippen LogP contribution in [0.1, 0.15) is 21.6 Å². The highest BCUT2D eigenvalue weighted by atomic mass is 16.7. The third-order valence-corrected chi connectivity index (χ3v) is 4.80. The van der Waals surface area contributed by atoms with Crippen molar-refractivity contribution in [2.75, 3.05) is 33.0 Å². The number of fused-ring (bicyclic) bond motifs is 1. The molecular weight excluding hydrogens is 334 g/mol. The van der Waals surface area contributed by atoms with Crippen LogP contribution in [0.5, 0.6) is 11.5 Å². The maximum absolute atomic E-state index is 11.3. The molecule has 7 nitrogen and oxygen atoms in total. The van der Waals surface area contributed by atoms with Gasteiger partial charge in [0, 0.05) is 45.5 Å². The lowest BCUT2D eigenvalue weighted by atomic mass is 10.1. The van der Waals surface area contributed by atoms with Gasteiger partial charge in [-0.25, -0.2) is 4.79 Å². The number of ether oxygens (including phenoxy) is 2. The Hall–Kier alpha value is -2.64. The van der Waals surface area contributed by atoms with E-state index in [9.17, 15) is 9.90 Å². The van der Waals surface area contributed by atoms with Gasteiger partial charge in [-0.15, -0.1) is 0 Å². The molecule has 1 aromatic carbocycles. The molecule has 136 valence electrons. The van der Waals surface area contributed by atoms with E-state index in [-0.39, 0.29) is 5.56 Å². The second kappa shape index (κ2) is 7.31. The van der Waals surface area contributed by atoms with Gasteiger partial charge < -0.3 is 14.6 Å². The van der Waals surface area contributed by atoms with Crippen LogP contribution in [-0.4, -0.2) is 58.8 Å². The van der Waals surface area contributed by atoms with Crippen LogP contribution in [0.15, 0.2) is 36.5 Å². The number of hydrogen-bond donors (Lipinski definition) is 1. The predicted molar refractivity (Wildman–Crippen MR) is 94.3 cm³/mol. The number of pyridine rings is 1. The van der Waals surface area contributed by atoms with E-state index >= 15 is 0 Å². The van der Waals surface area contributed by atoms with Gasteiger partial charge in [-0.1, -0.05) is 6.07 Å². The van der Waals surface area contributed by atoms with Crippen LogP contribution in [0.4, 0.5) is 0 Å². The molecule has 0 aliphatic carbocycles. The first kappa shape index (κ1) is 16.8. The van der Waals surface area contributed by atoms with Gasteiger partial charge in [0.2, 0.25) is 6.79 Å². The van der Waals surface area contributed by atoms with Crippen molar-refractivity contribution in [3.8, 4) is 11.5 Å². The van der Waals surface area contributed by atoms with Crippen LogP contribution >= 0.6 is 0 Å². The zero-order valence-corrected chi connectivity index (χ0v) is 14.4. The minimum Gasteiger partial charge on any atom is -0.478 e. The Bertz CT molecular complexity index is 803. The normalized spacial score (nSPS) is 17.4. The number of benzene rings is 1. The lowest BCUT2D eigenvalue weighted by molar-refractivity contribution is 0.0691. The van der Waals surface area contributed by atoms with E-state index in [1.54, 1.807) is 18.3 Å². The van der Waals surface area contributed by atoms with Gasteiger partial charge in [0.05, 0.1) is 11.3 Å². The number of nitrogens with zero attached hydrogens (tertiary/aromatic N) is 3. The number of aromatic carboxylic acids is 1. The Morgan fingerprint density at radius 1 is 1.04 bits per heavy atom. The first-order chi connectivity index (χ1) is 12.7. The van der Waals surface area contributed by atoms with Crippen molar-refractivity contribution in [3.05, 3.63) is 53.3 Å². The molecule has 0 bridgehead atoms. The average molecular weight is 355 g/mol. The van der Waals surface area contributed by atoms with Crippen LogP contribution in [0.3, 0.4) is 0 Å². The Kier molecular flexibility index (Phi) is 4.73. The van der Waals surface area contributed by atoms with Crippen molar-refractivity contribution in [1.29, 1.82) is 0 Å². The summed E-state index contributed by atoms with van der Waals surface area (Å²) >= 11 is 0. The Balaban J connectivity index is 1.32. The fraction of sp³-hybridized carbons (Fsp3) is 0.368. The van der Waals surface area contributed by atoms with Crippen molar-refractivity contribution in [1.82, 2.24) is 14.8 Å². The summed E-state index contributed by atoms with van der Waals surface area (Å²) in [4.78, 5) is 20.2. The molecule has 1 saturated heterocycles. The topological polar surface area (TPSA) is 75.1 Å². The molecule has 0 saturated carbocycles. The molecule has 1 N–H and O–H groups in total. The fourth-order valence-electron chi connectivity index (χ4n) is 3.37. The van der Waals surface area contributed by atoms with Gasteiger partial charge in [-0.3, -0.25) is 14.8 Å². The average Bonchev–Trinajstić information content (AvgIpc) is 3.11. The van der Waals surface area contributed by atoms with Crippen molar-refractivity contribution >= 4 is 5.97 Å². The second-order valence-electron chi connectivity index (χ2n) is 6.54. The predicted octanol–water partition coefficient (Wildman–Crippen LogP) is 1.83. The van der Waals surface area contributed by atoms with Crippen LogP contribution in [0.2, 0.25) is 0 Å². The molecule has 0 atom stereocenters. The minimum absolute atomic E-state index is 0.287. The molecule has 0 unspecified atom stereocenters. The molecule has 26 heavy (non-hydrogen) atoms. The third kappa shape index (κ3) is 3.63. The Morgan fingerprint density at radius 3 is 2.54 bits per heavy atom. The lowest BCUT2D eigenvalue weighted by Crippen LogP contribution is -2.45. The first-order valence-corrected chi connectivity index (χ1v) is 8.69. The molecule has 1 aromatic heterocycles. The zero-order chi connectivity index (χ0) is 17.9. The van der Waals surface area contributed by atoms with E-state index in [1.165, 1.54) is 5.56 Å². The molecule has 0 amide bonds. The highest BCUT2D eigenvalue weighted by Crippen LogP contribution is 2.32. The largest absolute Gasteiger partial charge is 0.478 e. The number of carboxylic acids is 1. The van der Waals surface area contributed by atoms with E-state index in [0.717, 1.165) is 44.2 Å². The number of piperazine rings is 1. The van der Waals surface area contributed by atoms with Crippen LogP contribution < -0.4 is 9.47 Å². The lowest BCUT2D eigenvalue weighted by Gasteiger charge is -2.34. The number of aromatic nitrogens is 1. The summed E-state index contributed by atoms with van der Waals surface area (Å²) in [5.41, 5.74) is 2.13. The molecule has 2 aliphatic rings. The summed E-state index contributed by atoms with van der Waals surface area (Å²) < 4.78 is 10.8. The fourth-order valence-corrected chi connectivity index (χ4v) is 3.37. The summed E-state index contributed by atoms with van der Waals surface area (Å²) in [5, 5.41) is 9.28. The molecule has 0 spiro atoms. The smallest absolute Gasteiger partial charge is 0.337 e. The summed E-state index contributed by atoms with van der Waals surface area (Å²) in [7, 11) is 0. The van der Waals surface area contributed by atoms with Crippen LogP contribution in [0, 0.1) is 0 Å². The van der Waals surface area contributed by atoms with Crippen molar-refractivity contribution < 1.29 is 19.4 Å². The molecule has 4 rings (SSSR count). The SMILES string of the molecule is O=C(O)c1cccnc1CN1CCN(Cc2ccc3c(c2)OCO3)CC1. The van der Waals surface area contributed by atoms with Gasteiger partial charge in [-0.2, -0.15) is 0 Å². The highest BCUT2D eigenvalue weighted by molar-refractivity contribution is 5.88.